The van der Waals surface area contributed by atoms with Crippen molar-refractivity contribution in [2.45, 2.75) is 51.7 Å². The maximum atomic E-state index is 14.8. The number of nitrogens with one attached hydrogen (secondary N) is 1. The van der Waals surface area contributed by atoms with E-state index in [1.165, 1.54) is 25.1 Å². The fourth-order valence-corrected chi connectivity index (χ4v) is 8.02. The number of methoxy groups -OCH3 is 1. The molecule has 1 aliphatic heterocycles. The van der Waals surface area contributed by atoms with E-state index in [1.54, 1.807) is 13.8 Å². The molecule has 0 radical (unpaired) electrons. The van der Waals surface area contributed by atoms with Crippen LogP contribution in [0.5, 0.6) is 23.0 Å². The number of hydrogen-bond acceptors (Lipinski definition) is 14. The van der Waals surface area contributed by atoms with E-state index in [0.29, 0.717) is 6.42 Å². The number of carboxylic acid groups (broad SMARTS) is 3. The van der Waals surface area contributed by atoms with Gasteiger partial charge in [0.1, 0.15) is 41.6 Å². The van der Waals surface area contributed by atoms with Crippen molar-refractivity contribution in [3.05, 3.63) is 87.3 Å². The lowest BCUT2D eigenvalue weighted by molar-refractivity contribution is -0.151. The van der Waals surface area contributed by atoms with Crippen molar-refractivity contribution in [1.29, 1.82) is 0 Å². The highest BCUT2D eigenvalue weighted by Gasteiger charge is 2.38. The van der Waals surface area contributed by atoms with Crippen molar-refractivity contribution in [3.8, 4) is 23.0 Å². The number of fused-ring (bicyclic) bond motifs is 6. The number of carbonyl (C=O) groups excluding carboxylic acids is 2. The van der Waals surface area contributed by atoms with Gasteiger partial charge in [0.15, 0.2) is 18.6 Å². The molecule has 0 spiro atoms. The smallest absolute Gasteiger partial charge is 0.341 e. The predicted octanol–water partition coefficient (Wildman–Crippen LogP) is 0.885. The number of phenolic OH excluding ortho intramolecular Hbond substituents is 1. The number of piperazine rings is 1. The maximum absolute atomic E-state index is 14.8. The largest absolute Gasteiger partial charge is 0.506 e. The Balaban J connectivity index is 1.58. The van der Waals surface area contributed by atoms with Crippen LogP contribution >= 0.6 is 0 Å². The standard InChI is InChI=1S/C42H35N3O17/c1-5-15(2)21-10-19-29(41(57)45(21)12-24(46)44-11-20(42(58)59)43-40(56)16(44)3)35(52)27-17(34(19)51)6-7-18-28(27)36(53)32-33(39(18)60-4)38(55)31-23(62-14-26(49)50)9-8-22(30(31)37(32)54)61-13-25(47)48/h6-10,15-16,20,53H,5,11-14H2,1-4H3,(H,43,56)(H,47,48)(H,49,50)(H,58,59). The van der Waals surface area contributed by atoms with Crippen molar-refractivity contribution in [1.82, 2.24) is 14.8 Å². The number of benzene rings is 5. The summed E-state index contributed by atoms with van der Waals surface area (Å²) in [7, 11) is 1.10. The van der Waals surface area contributed by atoms with E-state index in [0.717, 1.165) is 28.7 Å². The molecule has 6 aromatic rings. The van der Waals surface area contributed by atoms with Crippen molar-refractivity contribution in [3.63, 3.8) is 0 Å². The zero-order chi connectivity index (χ0) is 45.2. The molecule has 3 atom stereocenters. The molecule has 20 heteroatoms. The van der Waals surface area contributed by atoms with Gasteiger partial charge in [0, 0.05) is 32.6 Å². The number of rotatable bonds is 12. The summed E-state index contributed by atoms with van der Waals surface area (Å²) in [4.78, 5) is 135. The van der Waals surface area contributed by atoms with Gasteiger partial charge < -0.3 is 49.4 Å². The van der Waals surface area contributed by atoms with Crippen LogP contribution in [0.1, 0.15) is 38.8 Å². The summed E-state index contributed by atoms with van der Waals surface area (Å²) >= 11 is 0. The Labute approximate surface area is 345 Å². The van der Waals surface area contributed by atoms with Gasteiger partial charge in [-0.3, -0.25) is 33.6 Å². The van der Waals surface area contributed by atoms with E-state index in [1.807, 2.05) is 0 Å². The number of nitrogens with zero attached hydrogens (tertiary/aromatic N) is 2. The van der Waals surface area contributed by atoms with Gasteiger partial charge in [-0.2, -0.15) is 0 Å². The Kier molecular flexibility index (Phi) is 10.6. The lowest BCUT2D eigenvalue weighted by atomic mass is 9.91. The van der Waals surface area contributed by atoms with Gasteiger partial charge in [-0.25, -0.2) is 14.4 Å². The molecule has 20 nitrogen and oxygen atoms in total. The van der Waals surface area contributed by atoms with Gasteiger partial charge in [-0.05, 0) is 49.6 Å². The molecule has 3 unspecified atom stereocenters. The molecule has 2 heterocycles. The van der Waals surface area contributed by atoms with E-state index < -0.39 is 156 Å². The van der Waals surface area contributed by atoms with Gasteiger partial charge in [-0.15, -0.1) is 0 Å². The summed E-state index contributed by atoms with van der Waals surface area (Å²) in [5, 5.41) is 37.4. The molecule has 7 rings (SSSR count). The fourth-order valence-electron chi connectivity index (χ4n) is 8.02. The minimum Gasteiger partial charge on any atom is -0.506 e. The molecule has 1 fully saturated rings. The van der Waals surface area contributed by atoms with Crippen molar-refractivity contribution in [2.24, 2.45) is 0 Å². The Morgan fingerprint density at radius 2 is 1.32 bits per heavy atom. The van der Waals surface area contributed by atoms with Crippen molar-refractivity contribution < 1.29 is 58.6 Å². The van der Waals surface area contributed by atoms with Gasteiger partial charge >= 0.3 is 17.9 Å². The summed E-state index contributed by atoms with van der Waals surface area (Å²) in [6.07, 6.45) is 0.393. The highest BCUT2D eigenvalue weighted by atomic mass is 16.5. The summed E-state index contributed by atoms with van der Waals surface area (Å²) in [5.74, 6) is -8.67. The molecule has 1 aromatic heterocycles. The Morgan fingerprint density at radius 1 is 0.758 bits per heavy atom. The van der Waals surface area contributed by atoms with Crippen LogP contribution in [0.3, 0.4) is 0 Å². The number of aromatic nitrogens is 1. The number of carboxylic acids is 3. The zero-order valence-electron chi connectivity index (χ0n) is 33.1. The third kappa shape index (κ3) is 6.55. The first-order chi connectivity index (χ1) is 29.3. The average molecular weight is 854 g/mol. The fraction of sp³-hybridized carbons (Fsp3) is 0.286. The Hall–Kier alpha value is -7.90. The summed E-state index contributed by atoms with van der Waals surface area (Å²) in [6.45, 7) is 1.69. The molecular weight excluding hydrogens is 818 g/mol. The molecule has 5 N–H and O–H groups in total. The predicted molar refractivity (Wildman–Crippen MR) is 220 cm³/mol. The highest BCUT2D eigenvalue weighted by Crippen LogP contribution is 2.44. The van der Waals surface area contributed by atoms with Crippen LogP contribution < -0.4 is 46.8 Å². The quantitative estimate of drug-likeness (QED) is 0.0843. The third-order valence-electron chi connectivity index (χ3n) is 11.2. The van der Waals surface area contributed by atoms with Crippen LogP contribution in [0.2, 0.25) is 0 Å². The minimum absolute atomic E-state index is 0.174. The SMILES string of the molecule is CCC(C)c1cc2c(=O)c3ccc4c(OC)c5c(=O)c6c(OCC(=O)O)ccc(OCC(=O)O)c6c(=O)c5c(O)c4c3c(=O)c2c(=O)n1CC(=O)N1CC(C(=O)O)NC(=O)C1C. The second-order valence-electron chi connectivity index (χ2n) is 14.7. The lowest BCUT2D eigenvalue weighted by Crippen LogP contribution is -2.63. The van der Waals surface area contributed by atoms with Crippen LogP contribution in [0, 0.1) is 0 Å². The number of amides is 2. The molecule has 0 aliphatic carbocycles. The van der Waals surface area contributed by atoms with Crippen LogP contribution in [0.15, 0.2) is 54.3 Å². The number of carbonyl (C=O) groups is 5. The molecule has 62 heavy (non-hydrogen) atoms. The van der Waals surface area contributed by atoms with Gasteiger partial charge in [0.05, 0.1) is 40.6 Å². The number of hydrogen-bond donors (Lipinski definition) is 5. The van der Waals surface area contributed by atoms with Crippen LogP contribution in [0.25, 0.3) is 53.9 Å². The number of aromatic hydroxyl groups is 1. The topological polar surface area (TPSA) is 300 Å². The van der Waals surface area contributed by atoms with Crippen LogP contribution in [-0.4, -0.2) is 98.6 Å². The second-order valence-corrected chi connectivity index (χ2v) is 14.7. The third-order valence-corrected chi connectivity index (χ3v) is 11.2. The molecule has 2 amide bonds. The molecule has 1 saturated heterocycles. The van der Waals surface area contributed by atoms with Crippen molar-refractivity contribution in [2.75, 3.05) is 26.9 Å². The Morgan fingerprint density at radius 3 is 1.87 bits per heavy atom. The van der Waals surface area contributed by atoms with E-state index in [-0.39, 0.29) is 27.6 Å². The average Bonchev–Trinajstić information content (AvgIpc) is 3.23. The number of ether oxygens (including phenoxy) is 3. The normalized spacial score (nSPS) is 15.9. The maximum Gasteiger partial charge on any atom is 0.341 e. The highest BCUT2D eigenvalue weighted by molar-refractivity contribution is 6.23. The lowest BCUT2D eigenvalue weighted by Gasteiger charge is -2.36. The van der Waals surface area contributed by atoms with Crippen LogP contribution in [0.4, 0.5) is 0 Å². The molecule has 0 bridgehead atoms. The van der Waals surface area contributed by atoms with Crippen LogP contribution in [-0.2, 0) is 30.5 Å². The number of pyridine rings is 1. The van der Waals surface area contributed by atoms with E-state index >= 15 is 0 Å². The minimum atomic E-state index is -1.47. The number of phenols is 1. The molecule has 5 aromatic carbocycles. The first-order valence-electron chi connectivity index (χ1n) is 18.9. The van der Waals surface area contributed by atoms with E-state index in [2.05, 4.69) is 5.32 Å². The molecule has 0 saturated carbocycles. The van der Waals surface area contributed by atoms with Gasteiger partial charge in [0.25, 0.3) is 5.56 Å². The number of aliphatic carboxylic acids is 3. The van der Waals surface area contributed by atoms with E-state index in [9.17, 15) is 68.4 Å². The van der Waals surface area contributed by atoms with E-state index in [4.69, 9.17) is 14.2 Å². The second kappa shape index (κ2) is 15.6. The summed E-state index contributed by atoms with van der Waals surface area (Å²) < 4.78 is 17.2. The first-order valence-corrected chi connectivity index (χ1v) is 18.9. The Bertz CT molecular complexity index is 3290. The zero-order valence-corrected chi connectivity index (χ0v) is 33.1. The summed E-state index contributed by atoms with van der Waals surface area (Å²) in [6, 6.07) is 3.33. The monoisotopic (exact) mass is 853 g/mol. The van der Waals surface area contributed by atoms with Gasteiger partial charge in [-0.1, -0.05) is 13.8 Å². The van der Waals surface area contributed by atoms with Gasteiger partial charge in [0.2, 0.25) is 28.1 Å². The summed E-state index contributed by atoms with van der Waals surface area (Å²) in [5.41, 5.74) is -5.14. The molecular formula is C42H35N3O17. The van der Waals surface area contributed by atoms with Crippen molar-refractivity contribution >= 4 is 83.6 Å². The first kappa shape index (κ1) is 42.2. The molecule has 320 valence electrons. The molecule has 1 aliphatic rings.